The van der Waals surface area contributed by atoms with Crippen molar-refractivity contribution < 1.29 is 14.7 Å². The van der Waals surface area contributed by atoms with Crippen molar-refractivity contribution in [3.63, 3.8) is 0 Å². The molecule has 7 nitrogen and oxygen atoms in total. The van der Waals surface area contributed by atoms with E-state index in [0.29, 0.717) is 30.3 Å². The average Bonchev–Trinajstić information content (AvgIpc) is 3.75. The van der Waals surface area contributed by atoms with Gasteiger partial charge in [-0.2, -0.15) is 0 Å². The second kappa shape index (κ2) is 7.83. The van der Waals surface area contributed by atoms with Crippen LogP contribution in [0.5, 0.6) is 0 Å². The Bertz CT molecular complexity index is 1150. The van der Waals surface area contributed by atoms with Gasteiger partial charge in [0.25, 0.3) is 5.56 Å². The zero-order valence-corrected chi connectivity index (χ0v) is 18.5. The molecule has 1 aromatic heterocycles. The summed E-state index contributed by atoms with van der Waals surface area (Å²) in [5.74, 6) is -0.463. The lowest BCUT2D eigenvalue weighted by Crippen LogP contribution is -2.49. The van der Waals surface area contributed by atoms with Crippen LogP contribution in [0.3, 0.4) is 0 Å². The normalized spacial score (nSPS) is 27.8. The van der Waals surface area contributed by atoms with Gasteiger partial charge in [-0.25, -0.2) is 0 Å². The predicted octanol–water partition coefficient (Wildman–Crippen LogP) is 1.94. The van der Waals surface area contributed by atoms with E-state index in [2.05, 4.69) is 5.32 Å². The summed E-state index contributed by atoms with van der Waals surface area (Å²) in [5, 5.41) is 13.4. The van der Waals surface area contributed by atoms with Gasteiger partial charge >= 0.3 is 0 Å². The molecule has 2 aliphatic carbocycles. The van der Waals surface area contributed by atoms with Gasteiger partial charge in [-0.15, -0.1) is 0 Å². The predicted molar refractivity (Wildman–Crippen MR) is 122 cm³/mol. The van der Waals surface area contributed by atoms with Crippen LogP contribution in [0.25, 0.3) is 11.1 Å². The highest BCUT2D eigenvalue weighted by atomic mass is 16.3. The number of benzene rings is 1. The lowest BCUT2D eigenvalue weighted by Gasteiger charge is -2.38. The van der Waals surface area contributed by atoms with Crippen LogP contribution >= 0.6 is 0 Å². The first-order valence-corrected chi connectivity index (χ1v) is 12.1. The Morgan fingerprint density at radius 2 is 1.79 bits per heavy atom. The Morgan fingerprint density at radius 3 is 2.45 bits per heavy atom. The first-order chi connectivity index (χ1) is 16.1. The number of hydrogen-bond acceptors (Lipinski definition) is 4. The number of amides is 2. The second-order valence-corrected chi connectivity index (χ2v) is 10.0. The van der Waals surface area contributed by atoms with Gasteiger partial charge in [0.2, 0.25) is 11.8 Å². The molecule has 4 aliphatic rings. The zero-order chi connectivity index (χ0) is 22.7. The molecular weight excluding hydrogens is 418 g/mol. The fourth-order valence-electron chi connectivity index (χ4n) is 5.77. The van der Waals surface area contributed by atoms with Gasteiger partial charge in [0, 0.05) is 42.8 Å². The first-order valence-electron chi connectivity index (χ1n) is 12.1. The molecule has 3 heterocycles. The van der Waals surface area contributed by atoms with Crippen LogP contribution in [-0.4, -0.2) is 45.6 Å². The monoisotopic (exact) mass is 447 g/mol. The molecule has 2 aromatic rings. The summed E-state index contributed by atoms with van der Waals surface area (Å²) < 4.78 is 1.74. The molecule has 0 unspecified atom stereocenters. The Labute approximate surface area is 192 Å². The lowest BCUT2D eigenvalue weighted by molar-refractivity contribution is -0.138. The zero-order valence-electron chi connectivity index (χ0n) is 18.5. The highest BCUT2D eigenvalue weighted by molar-refractivity contribution is 5.86. The van der Waals surface area contributed by atoms with Crippen LogP contribution < -0.4 is 10.9 Å². The Balaban J connectivity index is 1.44. The van der Waals surface area contributed by atoms with Crippen molar-refractivity contribution in [3.8, 4) is 11.1 Å². The standard InChI is InChI=1S/C26H29N3O4/c30-14-19-21-13-28-20(11-10-18(26(28)33)16-4-2-1-3-5-16)23(29(21)25(32)17-8-9-17)22(19)24(31)27-12-15-6-7-15/h1-5,10-11,15,17,19,21-23,30H,6-9,12-14H2,(H,27,31)/t19-,21-,22+,23+/m0/s1. The van der Waals surface area contributed by atoms with E-state index in [1.807, 2.05) is 47.4 Å². The third-order valence-electron chi connectivity index (χ3n) is 7.87. The quantitative estimate of drug-likeness (QED) is 0.708. The summed E-state index contributed by atoms with van der Waals surface area (Å²) >= 11 is 0. The van der Waals surface area contributed by atoms with Crippen LogP contribution in [-0.2, 0) is 16.1 Å². The summed E-state index contributed by atoms with van der Waals surface area (Å²) in [4.78, 5) is 42.1. The number of aliphatic hydroxyl groups is 1. The molecule has 33 heavy (non-hydrogen) atoms. The molecule has 4 atom stereocenters. The number of rotatable bonds is 6. The van der Waals surface area contributed by atoms with Crippen LogP contribution in [0.15, 0.2) is 47.3 Å². The maximum atomic E-state index is 13.5. The number of aliphatic hydroxyl groups excluding tert-OH is 1. The maximum Gasteiger partial charge on any atom is 0.258 e. The van der Waals surface area contributed by atoms with Crippen LogP contribution in [0.1, 0.15) is 37.4 Å². The van der Waals surface area contributed by atoms with Crippen molar-refractivity contribution in [2.45, 2.75) is 44.3 Å². The molecule has 1 aromatic carbocycles. The van der Waals surface area contributed by atoms with Gasteiger partial charge in [-0.05, 0) is 49.3 Å². The van der Waals surface area contributed by atoms with E-state index in [4.69, 9.17) is 0 Å². The van der Waals surface area contributed by atoms with Crippen LogP contribution in [0, 0.1) is 23.7 Å². The molecule has 6 rings (SSSR count). The van der Waals surface area contributed by atoms with Gasteiger partial charge in [0.05, 0.1) is 18.0 Å². The molecule has 1 saturated heterocycles. The molecule has 0 radical (unpaired) electrons. The SMILES string of the molecule is O=C(NCC1CC1)[C@@H]1[C@@H](CO)[C@@H]2Cn3c(ccc(-c4ccccc4)c3=O)[C@H]1N2C(=O)C1CC1. The van der Waals surface area contributed by atoms with Crippen molar-refractivity contribution in [2.24, 2.45) is 23.7 Å². The number of nitrogens with one attached hydrogen (secondary N) is 1. The summed E-state index contributed by atoms with van der Waals surface area (Å²) in [7, 11) is 0. The number of carbonyl (C=O) groups is 2. The van der Waals surface area contributed by atoms with E-state index in [1.54, 1.807) is 4.57 Å². The molecule has 172 valence electrons. The van der Waals surface area contributed by atoms with Crippen molar-refractivity contribution in [1.82, 2.24) is 14.8 Å². The number of aromatic nitrogens is 1. The Kier molecular flexibility index (Phi) is 4.91. The summed E-state index contributed by atoms with van der Waals surface area (Å²) in [6, 6.07) is 12.4. The maximum absolute atomic E-state index is 13.5. The van der Waals surface area contributed by atoms with Gasteiger partial charge in [0.1, 0.15) is 0 Å². The van der Waals surface area contributed by atoms with E-state index in [1.165, 1.54) is 0 Å². The van der Waals surface area contributed by atoms with Crippen molar-refractivity contribution in [2.75, 3.05) is 13.2 Å². The first kappa shape index (κ1) is 20.7. The Hall–Kier alpha value is -2.93. The molecule has 2 bridgehead atoms. The van der Waals surface area contributed by atoms with Gasteiger partial charge in [-0.1, -0.05) is 30.3 Å². The topological polar surface area (TPSA) is 91.6 Å². The smallest absolute Gasteiger partial charge is 0.258 e. The summed E-state index contributed by atoms with van der Waals surface area (Å²) in [5.41, 5.74) is 2.05. The second-order valence-electron chi connectivity index (χ2n) is 10.0. The lowest BCUT2D eigenvalue weighted by atomic mass is 9.86. The van der Waals surface area contributed by atoms with E-state index in [0.717, 1.165) is 31.2 Å². The van der Waals surface area contributed by atoms with E-state index in [-0.39, 0.29) is 35.9 Å². The minimum atomic E-state index is -0.558. The number of nitrogens with zero attached hydrogens (tertiary/aromatic N) is 2. The summed E-state index contributed by atoms with van der Waals surface area (Å²) in [6.45, 7) is 0.758. The molecule has 3 fully saturated rings. The fraction of sp³-hybridized carbons (Fsp3) is 0.500. The van der Waals surface area contributed by atoms with Gasteiger partial charge in [-0.3, -0.25) is 14.4 Å². The third kappa shape index (κ3) is 3.41. The molecule has 0 spiro atoms. The molecule has 2 saturated carbocycles. The molecule has 2 aliphatic heterocycles. The number of fused-ring (bicyclic) bond motifs is 4. The van der Waals surface area contributed by atoms with E-state index >= 15 is 0 Å². The molecule has 2 N–H and O–H groups in total. The van der Waals surface area contributed by atoms with Crippen LogP contribution in [0.2, 0.25) is 0 Å². The summed E-state index contributed by atoms with van der Waals surface area (Å²) in [6.07, 6.45) is 4.01. The van der Waals surface area contributed by atoms with E-state index < -0.39 is 17.9 Å². The highest BCUT2D eigenvalue weighted by Crippen LogP contribution is 2.50. The number of carbonyl (C=O) groups excluding carboxylic acids is 2. The largest absolute Gasteiger partial charge is 0.396 e. The van der Waals surface area contributed by atoms with E-state index in [9.17, 15) is 19.5 Å². The van der Waals surface area contributed by atoms with Crippen LogP contribution in [0.4, 0.5) is 0 Å². The minimum absolute atomic E-state index is 0.00415. The number of hydrogen-bond donors (Lipinski definition) is 2. The third-order valence-corrected chi connectivity index (χ3v) is 7.87. The van der Waals surface area contributed by atoms with Crippen molar-refractivity contribution >= 4 is 11.8 Å². The molecule has 7 heteroatoms. The van der Waals surface area contributed by atoms with Gasteiger partial charge in [0.15, 0.2) is 0 Å². The fourth-order valence-corrected chi connectivity index (χ4v) is 5.77. The average molecular weight is 448 g/mol. The van der Waals surface area contributed by atoms with Crippen molar-refractivity contribution in [1.29, 1.82) is 0 Å². The molecular formula is C26H29N3O4. The van der Waals surface area contributed by atoms with Gasteiger partial charge < -0.3 is 19.9 Å². The molecule has 2 amide bonds. The highest BCUT2D eigenvalue weighted by Gasteiger charge is 2.58. The Morgan fingerprint density at radius 1 is 1.03 bits per heavy atom. The van der Waals surface area contributed by atoms with Crippen molar-refractivity contribution in [3.05, 3.63) is 58.5 Å². The number of pyridine rings is 1. The minimum Gasteiger partial charge on any atom is -0.396 e.